The van der Waals surface area contributed by atoms with Gasteiger partial charge >= 0.3 is 0 Å². The third-order valence-electron chi connectivity index (χ3n) is 6.08. The van der Waals surface area contributed by atoms with Crippen LogP contribution in [-0.2, 0) is 11.3 Å². The van der Waals surface area contributed by atoms with Crippen molar-refractivity contribution in [2.24, 2.45) is 0 Å². The van der Waals surface area contributed by atoms with Gasteiger partial charge < -0.3 is 4.90 Å². The molecule has 3 aromatic rings. The number of rotatable bonds is 6. The molecule has 176 valence electrons. The molecule has 0 bridgehead atoms. The first kappa shape index (κ1) is 24.7. The molecule has 7 heteroatoms. The van der Waals surface area contributed by atoms with E-state index in [4.69, 9.17) is 34.8 Å². The topological polar surface area (TPSA) is 40.6 Å². The molecule has 0 aromatic heterocycles. The fourth-order valence-corrected chi connectivity index (χ4v) is 4.68. The number of hydrogen-bond acceptors (Lipinski definition) is 3. The predicted molar refractivity (Wildman–Crippen MR) is 139 cm³/mol. The van der Waals surface area contributed by atoms with Gasteiger partial charge in [0.15, 0.2) is 5.78 Å². The van der Waals surface area contributed by atoms with Crippen LogP contribution < -0.4 is 4.90 Å². The Morgan fingerprint density at radius 2 is 1.38 bits per heavy atom. The molecule has 0 atom stereocenters. The Labute approximate surface area is 215 Å². The van der Waals surface area contributed by atoms with Crippen LogP contribution >= 0.6 is 34.8 Å². The van der Waals surface area contributed by atoms with E-state index in [1.54, 1.807) is 36.4 Å². The summed E-state index contributed by atoms with van der Waals surface area (Å²) < 4.78 is -2.13. The third-order valence-corrected chi connectivity index (χ3v) is 6.56. The van der Waals surface area contributed by atoms with Gasteiger partial charge in [-0.1, -0.05) is 108 Å². The number of piperidine rings is 1. The second-order valence-corrected chi connectivity index (χ2v) is 10.7. The van der Waals surface area contributed by atoms with E-state index in [0.717, 1.165) is 19.6 Å². The molecule has 1 heterocycles. The fourth-order valence-electron chi connectivity index (χ4n) is 4.41. The maximum Gasteiger partial charge on any atom is 0.279 e. The van der Waals surface area contributed by atoms with Crippen LogP contribution in [0.15, 0.2) is 84.9 Å². The van der Waals surface area contributed by atoms with Crippen molar-refractivity contribution >= 4 is 52.2 Å². The van der Waals surface area contributed by atoms with Crippen molar-refractivity contribution in [3.63, 3.8) is 0 Å². The van der Waals surface area contributed by atoms with Crippen molar-refractivity contribution in [3.05, 3.63) is 102 Å². The largest absolute Gasteiger partial charge is 0.305 e. The smallest absolute Gasteiger partial charge is 0.279 e. The number of alkyl halides is 3. The molecule has 1 fully saturated rings. The number of para-hydroxylation sites is 1. The molecule has 3 aromatic carbocycles. The number of carbonyl (C=O) groups is 2. The van der Waals surface area contributed by atoms with Crippen LogP contribution in [0.25, 0.3) is 0 Å². The molecule has 0 saturated carbocycles. The molecule has 0 N–H and O–H groups in total. The number of halogens is 3. The summed E-state index contributed by atoms with van der Waals surface area (Å²) in [6, 6.07) is 26.1. The maximum absolute atomic E-state index is 13.4. The minimum Gasteiger partial charge on any atom is -0.305 e. The van der Waals surface area contributed by atoms with E-state index in [-0.39, 0.29) is 11.8 Å². The molecule has 1 saturated heterocycles. The first-order valence-electron chi connectivity index (χ1n) is 11.2. The number of benzene rings is 3. The highest BCUT2D eigenvalue weighted by atomic mass is 35.6. The van der Waals surface area contributed by atoms with Crippen molar-refractivity contribution in [2.45, 2.75) is 29.2 Å². The summed E-state index contributed by atoms with van der Waals surface area (Å²) in [5.41, 5.74) is 2.65. The standard InChI is InChI=1S/C27H25Cl3N2O2/c28-27(29,30)26(34)32(22-15-17-31(18-16-22)19-20-9-3-1-4-10-20)24-14-8-7-13-23(24)25(33)21-11-5-2-6-12-21/h1-14,22H,15-19H2. The lowest BCUT2D eigenvalue weighted by Gasteiger charge is -2.40. The van der Waals surface area contributed by atoms with E-state index >= 15 is 0 Å². The highest BCUT2D eigenvalue weighted by Crippen LogP contribution is 2.36. The summed E-state index contributed by atoms with van der Waals surface area (Å²) in [6.45, 7) is 2.42. The Kier molecular flexibility index (Phi) is 7.95. The third kappa shape index (κ3) is 5.81. The molecular weight excluding hydrogens is 491 g/mol. The Morgan fingerprint density at radius 1 is 0.824 bits per heavy atom. The number of likely N-dealkylation sites (tertiary alicyclic amines) is 1. The molecule has 0 aliphatic carbocycles. The van der Waals surface area contributed by atoms with Gasteiger partial charge in [-0.2, -0.15) is 0 Å². The van der Waals surface area contributed by atoms with Gasteiger partial charge in [-0.25, -0.2) is 0 Å². The van der Waals surface area contributed by atoms with E-state index in [1.807, 2.05) is 36.4 Å². The van der Waals surface area contributed by atoms with Gasteiger partial charge in [0.05, 0.1) is 5.69 Å². The molecule has 0 spiro atoms. The van der Waals surface area contributed by atoms with Gasteiger partial charge in [0.2, 0.25) is 0 Å². The average Bonchev–Trinajstić information content (AvgIpc) is 2.86. The number of amides is 1. The van der Waals surface area contributed by atoms with Crippen LogP contribution in [0.5, 0.6) is 0 Å². The molecule has 34 heavy (non-hydrogen) atoms. The molecule has 1 amide bonds. The van der Waals surface area contributed by atoms with Gasteiger partial charge in [-0.15, -0.1) is 0 Å². The van der Waals surface area contributed by atoms with E-state index in [9.17, 15) is 9.59 Å². The zero-order valence-electron chi connectivity index (χ0n) is 18.5. The van der Waals surface area contributed by atoms with Crippen LogP contribution in [-0.4, -0.2) is 39.5 Å². The second kappa shape index (κ2) is 10.9. The highest BCUT2D eigenvalue weighted by Gasteiger charge is 2.41. The Bertz CT molecular complexity index is 1130. The van der Waals surface area contributed by atoms with Crippen LogP contribution in [0, 0.1) is 0 Å². The Morgan fingerprint density at radius 3 is 2.00 bits per heavy atom. The lowest BCUT2D eigenvalue weighted by molar-refractivity contribution is -0.118. The zero-order chi connectivity index (χ0) is 24.1. The molecule has 4 nitrogen and oxygen atoms in total. The van der Waals surface area contributed by atoms with E-state index in [2.05, 4.69) is 17.0 Å². The van der Waals surface area contributed by atoms with Crippen LogP contribution in [0.1, 0.15) is 34.3 Å². The van der Waals surface area contributed by atoms with Crippen LogP contribution in [0.4, 0.5) is 5.69 Å². The molecule has 0 unspecified atom stereocenters. The van der Waals surface area contributed by atoms with Gasteiger partial charge in [0.25, 0.3) is 9.70 Å². The SMILES string of the molecule is O=C(c1ccccc1)c1ccccc1N(C(=O)C(Cl)(Cl)Cl)C1CCN(Cc2ccccc2)CC1. The van der Waals surface area contributed by atoms with Crippen LogP contribution in [0.2, 0.25) is 0 Å². The first-order valence-corrected chi connectivity index (χ1v) is 12.3. The van der Waals surface area contributed by atoms with Crippen molar-refractivity contribution in [1.82, 2.24) is 4.90 Å². The number of carbonyl (C=O) groups excluding carboxylic acids is 2. The van der Waals surface area contributed by atoms with Crippen molar-refractivity contribution in [2.75, 3.05) is 18.0 Å². The van der Waals surface area contributed by atoms with E-state index in [1.165, 1.54) is 10.5 Å². The van der Waals surface area contributed by atoms with Crippen molar-refractivity contribution < 1.29 is 9.59 Å². The van der Waals surface area contributed by atoms with Crippen molar-refractivity contribution in [3.8, 4) is 0 Å². The Balaban J connectivity index is 1.61. The molecular formula is C27H25Cl3N2O2. The predicted octanol–water partition coefficient (Wildman–Crippen LogP) is 6.29. The molecule has 0 radical (unpaired) electrons. The molecule has 1 aliphatic rings. The highest BCUT2D eigenvalue weighted by molar-refractivity contribution is 6.77. The van der Waals surface area contributed by atoms with Gasteiger partial charge in [0, 0.05) is 36.8 Å². The lowest BCUT2D eigenvalue weighted by Crippen LogP contribution is -2.51. The second-order valence-electron chi connectivity index (χ2n) is 8.38. The van der Waals surface area contributed by atoms with Gasteiger partial charge in [-0.05, 0) is 30.5 Å². The number of hydrogen-bond donors (Lipinski definition) is 0. The zero-order valence-corrected chi connectivity index (χ0v) is 20.8. The lowest BCUT2D eigenvalue weighted by atomic mass is 9.97. The van der Waals surface area contributed by atoms with E-state index in [0.29, 0.717) is 29.7 Å². The summed E-state index contributed by atoms with van der Waals surface area (Å²) in [5, 5.41) is 0. The van der Waals surface area contributed by atoms with Gasteiger partial charge in [0.1, 0.15) is 0 Å². The van der Waals surface area contributed by atoms with E-state index < -0.39 is 9.70 Å². The monoisotopic (exact) mass is 514 g/mol. The first-order chi connectivity index (χ1) is 16.3. The summed E-state index contributed by atoms with van der Waals surface area (Å²) in [4.78, 5) is 30.6. The fraction of sp³-hybridized carbons (Fsp3) is 0.259. The summed E-state index contributed by atoms with van der Waals surface area (Å²) in [5.74, 6) is -0.827. The summed E-state index contributed by atoms with van der Waals surface area (Å²) in [7, 11) is 0. The maximum atomic E-state index is 13.4. The van der Waals surface area contributed by atoms with Gasteiger partial charge in [-0.3, -0.25) is 14.5 Å². The minimum absolute atomic E-state index is 0.181. The number of nitrogens with zero attached hydrogens (tertiary/aromatic N) is 2. The Hall–Kier alpha value is -2.37. The number of anilines is 1. The van der Waals surface area contributed by atoms with Crippen molar-refractivity contribution in [1.29, 1.82) is 0 Å². The van der Waals surface area contributed by atoms with Crippen LogP contribution in [0.3, 0.4) is 0 Å². The summed E-state index contributed by atoms with van der Waals surface area (Å²) in [6.07, 6.45) is 1.40. The average molecular weight is 516 g/mol. The molecule has 1 aliphatic heterocycles. The summed E-state index contributed by atoms with van der Waals surface area (Å²) >= 11 is 18.2. The quantitative estimate of drug-likeness (QED) is 0.286. The number of ketones is 1. The minimum atomic E-state index is -2.13. The normalized spacial score (nSPS) is 15.1. The molecule has 4 rings (SSSR count).